The summed E-state index contributed by atoms with van der Waals surface area (Å²) in [6.45, 7) is 0.599. The minimum Gasteiger partial charge on any atom is -0.493 e. The number of nitrogens with zero attached hydrogens (tertiary/aromatic N) is 1. The van der Waals surface area contributed by atoms with Crippen molar-refractivity contribution in [1.29, 1.82) is 0 Å². The zero-order valence-electron chi connectivity index (χ0n) is 15.5. The predicted molar refractivity (Wildman–Crippen MR) is 114 cm³/mol. The minimum atomic E-state index is -0.497. The van der Waals surface area contributed by atoms with Crippen LogP contribution in [0.25, 0.3) is 6.08 Å². The summed E-state index contributed by atoms with van der Waals surface area (Å²) in [4.78, 5) is 16.4. The number of ether oxygens (including phenoxy) is 2. The van der Waals surface area contributed by atoms with Crippen LogP contribution in [0.1, 0.15) is 16.7 Å². The van der Waals surface area contributed by atoms with Crippen LogP contribution in [-0.2, 0) is 16.0 Å². The van der Waals surface area contributed by atoms with Gasteiger partial charge in [0.1, 0.15) is 5.75 Å². The van der Waals surface area contributed by atoms with E-state index in [0.29, 0.717) is 17.2 Å². The molecule has 4 nitrogen and oxygen atoms in total. The fourth-order valence-corrected chi connectivity index (χ4v) is 3.13. The third-order valence-electron chi connectivity index (χ3n) is 4.41. The van der Waals surface area contributed by atoms with Gasteiger partial charge in [0, 0.05) is 6.42 Å². The quantitative estimate of drug-likeness (QED) is 0.414. The lowest BCUT2D eigenvalue weighted by atomic mass is 10.1. The van der Waals surface area contributed by atoms with E-state index in [1.165, 1.54) is 5.56 Å². The van der Waals surface area contributed by atoms with Crippen LogP contribution < -0.4 is 4.74 Å². The van der Waals surface area contributed by atoms with Gasteiger partial charge in [-0.3, -0.25) is 0 Å². The predicted octanol–water partition coefficient (Wildman–Crippen LogP) is 5.31. The molecule has 0 radical (unpaired) electrons. The molecule has 4 rings (SSSR count). The number of cyclic esters (lactones) is 1. The Bertz CT molecular complexity index is 1070. The van der Waals surface area contributed by atoms with E-state index in [1.54, 1.807) is 18.2 Å². The number of rotatable bonds is 6. The molecule has 0 unspecified atom stereocenters. The van der Waals surface area contributed by atoms with Gasteiger partial charge in [-0.15, -0.1) is 0 Å². The summed E-state index contributed by atoms with van der Waals surface area (Å²) in [7, 11) is 0. The van der Waals surface area contributed by atoms with Crippen LogP contribution in [0.2, 0.25) is 5.02 Å². The van der Waals surface area contributed by atoms with Crippen LogP contribution in [0.15, 0.2) is 89.6 Å². The Hall–Kier alpha value is -3.37. The van der Waals surface area contributed by atoms with Gasteiger partial charge in [-0.05, 0) is 41.5 Å². The lowest BCUT2D eigenvalue weighted by Crippen LogP contribution is -2.05. The van der Waals surface area contributed by atoms with Crippen molar-refractivity contribution in [1.82, 2.24) is 0 Å². The largest absolute Gasteiger partial charge is 0.493 e. The summed E-state index contributed by atoms with van der Waals surface area (Å²) < 4.78 is 11.1. The molecule has 29 heavy (non-hydrogen) atoms. The molecular formula is C24H18ClNO3. The molecule has 0 saturated carbocycles. The van der Waals surface area contributed by atoms with Crippen molar-refractivity contribution in [3.05, 3.63) is 106 Å². The number of hydrogen-bond acceptors (Lipinski definition) is 4. The molecule has 0 spiro atoms. The number of aliphatic imine (C=N–C) groups is 1. The molecule has 144 valence electrons. The summed E-state index contributed by atoms with van der Waals surface area (Å²) in [5, 5.41) is 0.484. The minimum absolute atomic E-state index is 0.215. The molecular weight excluding hydrogens is 386 g/mol. The topological polar surface area (TPSA) is 47.9 Å². The highest BCUT2D eigenvalue weighted by molar-refractivity contribution is 6.34. The van der Waals surface area contributed by atoms with E-state index >= 15 is 0 Å². The Morgan fingerprint density at radius 1 is 0.931 bits per heavy atom. The molecule has 0 amide bonds. The monoisotopic (exact) mass is 403 g/mol. The molecule has 0 N–H and O–H groups in total. The summed E-state index contributed by atoms with van der Waals surface area (Å²) in [6, 6.07) is 24.8. The highest BCUT2D eigenvalue weighted by Gasteiger charge is 2.25. The van der Waals surface area contributed by atoms with Gasteiger partial charge >= 0.3 is 5.97 Å². The molecule has 0 atom stereocenters. The van der Waals surface area contributed by atoms with E-state index in [9.17, 15) is 4.79 Å². The third-order valence-corrected chi connectivity index (χ3v) is 4.74. The molecule has 5 heteroatoms. The normalized spacial score (nSPS) is 14.6. The number of carbonyl (C=O) groups excluding carboxylic acids is 1. The molecule has 0 saturated heterocycles. The summed E-state index contributed by atoms with van der Waals surface area (Å²) in [5.74, 6) is 0.494. The molecule has 0 aromatic heterocycles. The number of esters is 1. The van der Waals surface area contributed by atoms with E-state index in [1.807, 2.05) is 54.6 Å². The summed E-state index contributed by atoms with van der Waals surface area (Å²) in [6.07, 6.45) is 2.53. The zero-order valence-corrected chi connectivity index (χ0v) is 16.3. The van der Waals surface area contributed by atoms with E-state index in [2.05, 4.69) is 17.1 Å². The fourth-order valence-electron chi connectivity index (χ4n) is 2.91. The summed E-state index contributed by atoms with van der Waals surface area (Å²) in [5.41, 5.74) is 2.89. The van der Waals surface area contributed by atoms with Gasteiger partial charge in [0.05, 0.1) is 17.2 Å². The maximum absolute atomic E-state index is 12.1. The molecule has 1 aliphatic heterocycles. The molecule has 1 aliphatic rings. The van der Waals surface area contributed by atoms with Crippen molar-refractivity contribution in [2.75, 3.05) is 6.61 Å². The second-order valence-corrected chi connectivity index (χ2v) is 6.88. The van der Waals surface area contributed by atoms with Crippen molar-refractivity contribution >= 4 is 29.5 Å². The average molecular weight is 404 g/mol. The Labute approximate surface area is 174 Å². The molecule has 0 aliphatic carbocycles. The average Bonchev–Trinajstić information content (AvgIpc) is 3.10. The smallest absolute Gasteiger partial charge is 0.363 e. The second kappa shape index (κ2) is 8.76. The van der Waals surface area contributed by atoms with Crippen LogP contribution >= 0.6 is 11.6 Å². The highest BCUT2D eigenvalue weighted by atomic mass is 35.5. The lowest BCUT2D eigenvalue weighted by molar-refractivity contribution is -0.129. The van der Waals surface area contributed by atoms with Crippen molar-refractivity contribution in [2.45, 2.75) is 6.42 Å². The number of halogens is 1. The molecule has 0 bridgehead atoms. The molecule has 0 fully saturated rings. The fraction of sp³-hybridized carbons (Fsp3) is 0.0833. The van der Waals surface area contributed by atoms with Gasteiger partial charge in [-0.2, -0.15) is 0 Å². The Kier molecular flexibility index (Phi) is 5.73. The van der Waals surface area contributed by atoms with Crippen molar-refractivity contribution < 1.29 is 14.3 Å². The van der Waals surface area contributed by atoms with Crippen molar-refractivity contribution in [2.24, 2.45) is 4.99 Å². The van der Waals surface area contributed by atoms with Gasteiger partial charge in [0.25, 0.3) is 0 Å². The van der Waals surface area contributed by atoms with Gasteiger partial charge < -0.3 is 9.47 Å². The SMILES string of the molecule is O=C1OC(c2ccccc2Cl)=N/C1=C\c1ccc(OCCc2ccccc2)cc1. The summed E-state index contributed by atoms with van der Waals surface area (Å²) >= 11 is 6.15. The van der Waals surface area contributed by atoms with Crippen LogP contribution in [0.5, 0.6) is 5.75 Å². The standard InChI is InChI=1S/C24H18ClNO3/c25-21-9-5-4-8-20(21)23-26-22(24(27)29-23)16-18-10-12-19(13-11-18)28-15-14-17-6-2-1-3-7-17/h1-13,16H,14-15H2/b22-16-. The maximum Gasteiger partial charge on any atom is 0.363 e. The van der Waals surface area contributed by atoms with Gasteiger partial charge in [-0.1, -0.05) is 66.2 Å². The van der Waals surface area contributed by atoms with E-state index in [4.69, 9.17) is 21.1 Å². The number of carbonyl (C=O) groups is 1. The van der Waals surface area contributed by atoms with Gasteiger partial charge in [0.15, 0.2) is 5.70 Å². The van der Waals surface area contributed by atoms with Crippen LogP contribution in [-0.4, -0.2) is 18.5 Å². The molecule has 3 aromatic carbocycles. The molecule has 1 heterocycles. The first-order valence-electron chi connectivity index (χ1n) is 9.23. The van der Waals surface area contributed by atoms with Gasteiger partial charge in [-0.25, -0.2) is 9.79 Å². The lowest BCUT2D eigenvalue weighted by Gasteiger charge is -2.06. The van der Waals surface area contributed by atoms with E-state index in [0.717, 1.165) is 17.7 Å². The number of benzene rings is 3. The zero-order chi connectivity index (χ0) is 20.1. The van der Waals surface area contributed by atoms with Crippen molar-refractivity contribution in [3.8, 4) is 5.75 Å². The first-order valence-corrected chi connectivity index (χ1v) is 9.61. The Balaban J connectivity index is 1.42. The third kappa shape index (κ3) is 4.73. The highest BCUT2D eigenvalue weighted by Crippen LogP contribution is 2.24. The van der Waals surface area contributed by atoms with Gasteiger partial charge in [0.2, 0.25) is 5.90 Å². The van der Waals surface area contributed by atoms with Crippen LogP contribution in [0.3, 0.4) is 0 Å². The van der Waals surface area contributed by atoms with Crippen molar-refractivity contribution in [3.63, 3.8) is 0 Å². The second-order valence-electron chi connectivity index (χ2n) is 6.47. The Morgan fingerprint density at radius 3 is 2.41 bits per heavy atom. The maximum atomic E-state index is 12.1. The first kappa shape index (κ1) is 19.0. The first-order chi connectivity index (χ1) is 14.2. The number of hydrogen-bond donors (Lipinski definition) is 0. The van der Waals surface area contributed by atoms with E-state index < -0.39 is 5.97 Å². The van der Waals surface area contributed by atoms with Crippen LogP contribution in [0.4, 0.5) is 0 Å². The van der Waals surface area contributed by atoms with E-state index in [-0.39, 0.29) is 11.6 Å². The van der Waals surface area contributed by atoms with Crippen LogP contribution in [0, 0.1) is 0 Å². The molecule has 3 aromatic rings. The Morgan fingerprint density at radius 2 is 1.66 bits per heavy atom.